The van der Waals surface area contributed by atoms with E-state index in [1.807, 2.05) is 11.5 Å². The van der Waals surface area contributed by atoms with E-state index in [0.717, 1.165) is 5.56 Å². The van der Waals surface area contributed by atoms with Crippen LogP contribution in [-0.4, -0.2) is 29.8 Å². The van der Waals surface area contributed by atoms with Gasteiger partial charge in [0.25, 0.3) is 0 Å². The number of aryl methyl sites for hydroxylation is 1. The summed E-state index contributed by atoms with van der Waals surface area (Å²) in [6.07, 6.45) is 0.522. The van der Waals surface area contributed by atoms with Crippen LogP contribution in [0, 0.1) is 11.3 Å². The zero-order valence-electron chi connectivity index (χ0n) is 16.1. The van der Waals surface area contributed by atoms with Gasteiger partial charge in [0.1, 0.15) is 6.07 Å². The molecule has 0 aliphatic heterocycles. The molecule has 0 atom stereocenters. The molecule has 7 nitrogen and oxygen atoms in total. The van der Waals surface area contributed by atoms with Crippen LogP contribution >= 0.6 is 0 Å². The number of nitrogens with one attached hydrogen (secondary N) is 1. The summed E-state index contributed by atoms with van der Waals surface area (Å²) in [6.45, 7) is 4.26. The molecule has 150 valence electrons. The number of rotatable bonds is 7. The molecule has 0 saturated heterocycles. The largest absolute Gasteiger partial charge is 0.478 e. The third-order valence-electron chi connectivity index (χ3n) is 4.64. The Kier molecular flexibility index (Phi) is 5.62. The van der Waals surface area contributed by atoms with Crippen LogP contribution in [0.4, 0.5) is 5.69 Å². The number of hydrogen-bond donors (Lipinski definition) is 2. The predicted molar refractivity (Wildman–Crippen MR) is 112 cm³/mol. The molecule has 0 aliphatic rings. The Morgan fingerprint density at radius 1 is 1.17 bits per heavy atom. The van der Waals surface area contributed by atoms with E-state index in [1.54, 1.807) is 43.3 Å². The predicted octanol–water partition coefficient (Wildman–Crippen LogP) is 4.05. The van der Waals surface area contributed by atoms with E-state index in [0.29, 0.717) is 40.8 Å². The summed E-state index contributed by atoms with van der Waals surface area (Å²) in [5.74, 6) is -0.983. The number of aromatic nitrogens is 1. The van der Waals surface area contributed by atoms with Crippen molar-refractivity contribution < 1.29 is 18.3 Å². The summed E-state index contributed by atoms with van der Waals surface area (Å²) in [4.78, 5) is 11.3. The number of nitriles is 1. The molecule has 0 bridgehead atoms. The average Bonchev–Trinajstić information content (AvgIpc) is 3.00. The highest BCUT2D eigenvalue weighted by molar-refractivity contribution is 7.92. The van der Waals surface area contributed by atoms with E-state index in [1.165, 1.54) is 6.07 Å². The Morgan fingerprint density at radius 2 is 1.86 bits per heavy atom. The Hall–Kier alpha value is -3.31. The first-order valence-electron chi connectivity index (χ1n) is 9.21. The number of carbonyl (C=O) groups is 1. The van der Waals surface area contributed by atoms with Gasteiger partial charge in [-0.1, -0.05) is 25.1 Å². The molecule has 3 rings (SSSR count). The van der Waals surface area contributed by atoms with Crippen LogP contribution in [0.15, 0.2) is 42.5 Å². The fraction of sp³-hybridized carbons (Fsp3) is 0.238. The number of carboxylic acid groups (broad SMARTS) is 1. The normalized spacial score (nSPS) is 11.3. The lowest BCUT2D eigenvalue weighted by Gasteiger charge is -2.11. The highest BCUT2D eigenvalue weighted by atomic mass is 32.2. The van der Waals surface area contributed by atoms with Gasteiger partial charge < -0.3 is 9.67 Å². The highest BCUT2D eigenvalue weighted by Crippen LogP contribution is 2.34. The number of aromatic carboxylic acids is 1. The second-order valence-electron chi connectivity index (χ2n) is 6.62. The minimum atomic E-state index is -3.38. The monoisotopic (exact) mass is 411 g/mol. The molecule has 0 unspecified atom stereocenters. The molecular weight excluding hydrogens is 390 g/mol. The van der Waals surface area contributed by atoms with Gasteiger partial charge in [-0.25, -0.2) is 13.2 Å². The van der Waals surface area contributed by atoms with Gasteiger partial charge >= 0.3 is 5.97 Å². The first-order valence-corrected chi connectivity index (χ1v) is 10.9. The molecule has 0 spiro atoms. The van der Waals surface area contributed by atoms with Crippen LogP contribution in [0.1, 0.15) is 36.2 Å². The number of anilines is 1. The third-order valence-corrected chi connectivity index (χ3v) is 6.14. The number of nitrogens with zero attached hydrogens (tertiary/aromatic N) is 2. The molecule has 2 aromatic carbocycles. The fourth-order valence-electron chi connectivity index (χ4n) is 3.42. The van der Waals surface area contributed by atoms with E-state index in [-0.39, 0.29) is 11.3 Å². The Bertz CT molecular complexity index is 1220. The molecule has 0 radical (unpaired) electrons. The maximum atomic E-state index is 12.0. The number of hydrogen-bond acceptors (Lipinski definition) is 4. The molecular formula is C21H21N3O4S. The molecule has 0 fully saturated rings. The van der Waals surface area contributed by atoms with E-state index in [9.17, 15) is 23.6 Å². The van der Waals surface area contributed by atoms with E-state index < -0.39 is 16.0 Å². The maximum absolute atomic E-state index is 12.0. The van der Waals surface area contributed by atoms with Crippen LogP contribution in [0.25, 0.3) is 22.2 Å². The molecule has 29 heavy (non-hydrogen) atoms. The van der Waals surface area contributed by atoms with Crippen LogP contribution < -0.4 is 4.72 Å². The van der Waals surface area contributed by atoms with Crippen LogP contribution in [-0.2, 0) is 16.6 Å². The fourth-order valence-corrected chi connectivity index (χ4v) is 4.55. The minimum absolute atomic E-state index is 0.0450. The maximum Gasteiger partial charge on any atom is 0.335 e. The number of fused-ring (bicyclic) bond motifs is 1. The zero-order valence-corrected chi connectivity index (χ0v) is 17.0. The van der Waals surface area contributed by atoms with Crippen molar-refractivity contribution in [2.45, 2.75) is 26.8 Å². The van der Waals surface area contributed by atoms with Gasteiger partial charge in [-0.2, -0.15) is 5.26 Å². The minimum Gasteiger partial charge on any atom is -0.478 e. The second kappa shape index (κ2) is 7.97. The topological polar surface area (TPSA) is 112 Å². The van der Waals surface area contributed by atoms with Gasteiger partial charge in [0.2, 0.25) is 10.0 Å². The van der Waals surface area contributed by atoms with Crippen molar-refractivity contribution in [2.24, 2.45) is 0 Å². The Labute approximate surface area is 169 Å². The van der Waals surface area contributed by atoms with Crippen LogP contribution in [0.2, 0.25) is 0 Å². The molecule has 3 aromatic rings. The van der Waals surface area contributed by atoms with Gasteiger partial charge in [0.05, 0.1) is 28.1 Å². The van der Waals surface area contributed by atoms with Gasteiger partial charge in [0.15, 0.2) is 0 Å². The highest BCUT2D eigenvalue weighted by Gasteiger charge is 2.19. The van der Waals surface area contributed by atoms with Crippen molar-refractivity contribution in [3.8, 4) is 17.3 Å². The molecule has 2 N–H and O–H groups in total. The summed E-state index contributed by atoms with van der Waals surface area (Å²) in [7, 11) is -3.38. The van der Waals surface area contributed by atoms with Crippen molar-refractivity contribution >= 4 is 32.6 Å². The van der Waals surface area contributed by atoms with Crippen molar-refractivity contribution in [1.82, 2.24) is 4.57 Å². The third kappa shape index (κ3) is 3.96. The van der Waals surface area contributed by atoms with Gasteiger partial charge in [-0.15, -0.1) is 0 Å². The number of benzene rings is 2. The number of sulfonamides is 1. The van der Waals surface area contributed by atoms with Crippen molar-refractivity contribution in [3.05, 3.63) is 53.6 Å². The Morgan fingerprint density at radius 3 is 2.41 bits per heavy atom. The van der Waals surface area contributed by atoms with E-state index >= 15 is 0 Å². The first-order chi connectivity index (χ1) is 13.8. The van der Waals surface area contributed by atoms with Gasteiger partial charge in [-0.05, 0) is 43.2 Å². The second-order valence-corrected chi connectivity index (χ2v) is 8.46. The Balaban J connectivity index is 2.12. The molecule has 1 heterocycles. The summed E-state index contributed by atoms with van der Waals surface area (Å²) in [5.41, 5.74) is 3.16. The molecule has 0 aliphatic carbocycles. The lowest BCUT2D eigenvalue weighted by Crippen LogP contribution is -2.15. The van der Waals surface area contributed by atoms with Crippen molar-refractivity contribution in [2.75, 3.05) is 10.5 Å². The first kappa shape index (κ1) is 20.4. The van der Waals surface area contributed by atoms with Crippen molar-refractivity contribution in [1.29, 1.82) is 5.26 Å². The summed E-state index contributed by atoms with van der Waals surface area (Å²) >= 11 is 0. The molecule has 0 amide bonds. The average molecular weight is 411 g/mol. The summed E-state index contributed by atoms with van der Waals surface area (Å²) in [6, 6.07) is 13.8. The lowest BCUT2D eigenvalue weighted by atomic mass is 10.0. The summed E-state index contributed by atoms with van der Waals surface area (Å²) in [5, 5.41) is 19.7. The SMILES string of the molecule is CCCS(=O)(=O)Nc1ccc(-c2c(C#N)c3ccc(C(=O)O)cc3n2CC)cc1. The van der Waals surface area contributed by atoms with Crippen LogP contribution in [0.3, 0.4) is 0 Å². The van der Waals surface area contributed by atoms with E-state index in [4.69, 9.17) is 0 Å². The standard InChI is InChI=1S/C21H21N3O4S/c1-3-11-29(27,28)23-16-8-5-14(6-9-16)20-18(13-22)17-10-7-15(21(25)26)12-19(17)24(20)4-2/h5-10,12,23H,3-4,11H2,1-2H3,(H,25,26). The van der Waals surface area contributed by atoms with Gasteiger partial charge in [0, 0.05) is 17.6 Å². The van der Waals surface area contributed by atoms with E-state index in [2.05, 4.69) is 10.8 Å². The van der Waals surface area contributed by atoms with Crippen molar-refractivity contribution in [3.63, 3.8) is 0 Å². The molecule has 0 saturated carbocycles. The van der Waals surface area contributed by atoms with Crippen LogP contribution in [0.5, 0.6) is 0 Å². The smallest absolute Gasteiger partial charge is 0.335 e. The zero-order chi connectivity index (χ0) is 21.2. The quantitative estimate of drug-likeness (QED) is 0.609. The van der Waals surface area contributed by atoms with Gasteiger partial charge in [-0.3, -0.25) is 4.72 Å². The summed E-state index contributed by atoms with van der Waals surface area (Å²) < 4.78 is 28.3. The number of carboxylic acids is 1. The molecule has 1 aromatic heterocycles. The molecule has 8 heteroatoms. The lowest BCUT2D eigenvalue weighted by molar-refractivity contribution is 0.0697.